The molecular formula is C17H20ClNO. The van der Waals surface area contributed by atoms with E-state index in [4.69, 9.17) is 16.3 Å². The Morgan fingerprint density at radius 1 is 1.00 bits per heavy atom. The average molecular weight is 290 g/mol. The van der Waals surface area contributed by atoms with Crippen LogP contribution in [0.5, 0.6) is 11.5 Å². The van der Waals surface area contributed by atoms with Gasteiger partial charge in [-0.05, 0) is 68.3 Å². The highest BCUT2D eigenvalue weighted by molar-refractivity contribution is 6.30. The minimum atomic E-state index is 0.744. The Morgan fingerprint density at radius 3 is 2.25 bits per heavy atom. The minimum Gasteiger partial charge on any atom is -0.457 e. The van der Waals surface area contributed by atoms with Gasteiger partial charge in [-0.3, -0.25) is 0 Å². The van der Waals surface area contributed by atoms with Crippen LogP contribution in [0.1, 0.15) is 22.3 Å². The molecule has 2 aromatic carbocycles. The van der Waals surface area contributed by atoms with E-state index < -0.39 is 0 Å². The number of hydrogen-bond acceptors (Lipinski definition) is 2. The van der Waals surface area contributed by atoms with Gasteiger partial charge in [0.25, 0.3) is 0 Å². The lowest BCUT2D eigenvalue weighted by Crippen LogP contribution is -2.05. The fraction of sp³-hybridized carbons (Fsp3) is 0.294. The topological polar surface area (TPSA) is 21.3 Å². The lowest BCUT2D eigenvalue weighted by atomic mass is 10.1. The van der Waals surface area contributed by atoms with Crippen LogP contribution in [0.2, 0.25) is 5.02 Å². The van der Waals surface area contributed by atoms with Crippen LogP contribution in [0.25, 0.3) is 0 Å². The number of rotatable bonds is 4. The first-order valence-corrected chi connectivity index (χ1v) is 7.08. The fourth-order valence-electron chi connectivity index (χ4n) is 2.24. The van der Waals surface area contributed by atoms with Gasteiger partial charge in [0.05, 0.1) is 0 Å². The molecule has 0 radical (unpaired) electrons. The molecule has 0 aromatic heterocycles. The zero-order chi connectivity index (χ0) is 14.7. The standard InChI is InChI=1S/C17H20ClNO/c1-11-5-6-14(10-19-4)9-16(11)20-17-12(2)7-15(18)8-13(17)3/h5-9,19H,10H2,1-4H3. The van der Waals surface area contributed by atoms with Crippen molar-refractivity contribution in [3.05, 3.63) is 57.6 Å². The molecule has 0 spiro atoms. The van der Waals surface area contributed by atoms with Gasteiger partial charge in [0, 0.05) is 11.6 Å². The largest absolute Gasteiger partial charge is 0.457 e. The van der Waals surface area contributed by atoms with E-state index in [9.17, 15) is 0 Å². The normalized spacial score (nSPS) is 10.7. The third-order valence-electron chi connectivity index (χ3n) is 3.27. The fourth-order valence-corrected chi connectivity index (χ4v) is 2.56. The number of ether oxygens (including phenoxy) is 1. The summed E-state index contributed by atoms with van der Waals surface area (Å²) in [5, 5.41) is 3.90. The van der Waals surface area contributed by atoms with Gasteiger partial charge in [0.1, 0.15) is 11.5 Å². The van der Waals surface area contributed by atoms with Crippen LogP contribution in [0.3, 0.4) is 0 Å². The lowest BCUT2D eigenvalue weighted by Gasteiger charge is -2.15. The molecule has 0 heterocycles. The second kappa shape index (κ2) is 6.29. The molecule has 0 fully saturated rings. The monoisotopic (exact) mass is 289 g/mol. The molecule has 2 rings (SSSR count). The van der Waals surface area contributed by atoms with E-state index >= 15 is 0 Å². The van der Waals surface area contributed by atoms with E-state index in [1.54, 1.807) is 0 Å². The molecule has 106 valence electrons. The number of halogens is 1. The van der Waals surface area contributed by atoms with Crippen molar-refractivity contribution in [1.29, 1.82) is 0 Å². The summed E-state index contributed by atoms with van der Waals surface area (Å²) in [6, 6.07) is 10.1. The van der Waals surface area contributed by atoms with Crippen LogP contribution in [-0.4, -0.2) is 7.05 Å². The summed E-state index contributed by atoms with van der Waals surface area (Å²) in [5.41, 5.74) is 4.43. The van der Waals surface area contributed by atoms with Crippen LogP contribution < -0.4 is 10.1 Å². The molecule has 0 unspecified atom stereocenters. The predicted molar refractivity (Wildman–Crippen MR) is 84.9 cm³/mol. The summed E-state index contributed by atoms with van der Waals surface area (Å²) >= 11 is 6.06. The Balaban J connectivity index is 2.37. The Morgan fingerprint density at radius 2 is 1.65 bits per heavy atom. The minimum absolute atomic E-state index is 0.744. The Kier molecular flexibility index (Phi) is 4.69. The van der Waals surface area contributed by atoms with E-state index in [0.717, 1.165) is 39.8 Å². The van der Waals surface area contributed by atoms with Crippen molar-refractivity contribution in [2.45, 2.75) is 27.3 Å². The van der Waals surface area contributed by atoms with Crippen LogP contribution in [0.4, 0.5) is 0 Å². The highest BCUT2D eigenvalue weighted by atomic mass is 35.5. The molecule has 0 aliphatic rings. The summed E-state index contributed by atoms with van der Waals surface area (Å²) in [5.74, 6) is 1.78. The van der Waals surface area contributed by atoms with Gasteiger partial charge >= 0.3 is 0 Å². The summed E-state index contributed by atoms with van der Waals surface area (Å²) < 4.78 is 6.13. The molecule has 3 heteroatoms. The molecule has 0 atom stereocenters. The molecule has 20 heavy (non-hydrogen) atoms. The Bertz CT molecular complexity index is 599. The van der Waals surface area contributed by atoms with E-state index in [2.05, 4.69) is 30.4 Å². The summed E-state index contributed by atoms with van der Waals surface area (Å²) in [6.45, 7) is 6.91. The van der Waals surface area contributed by atoms with Crippen molar-refractivity contribution < 1.29 is 4.74 Å². The predicted octanol–water partition coefficient (Wildman–Crippen LogP) is 4.78. The maximum absolute atomic E-state index is 6.13. The van der Waals surface area contributed by atoms with Gasteiger partial charge in [0.2, 0.25) is 0 Å². The molecule has 0 bridgehead atoms. The number of hydrogen-bond donors (Lipinski definition) is 1. The lowest BCUT2D eigenvalue weighted by molar-refractivity contribution is 0.470. The SMILES string of the molecule is CNCc1ccc(C)c(Oc2c(C)cc(Cl)cc2C)c1. The quantitative estimate of drug-likeness (QED) is 0.875. The first-order chi connectivity index (χ1) is 9.51. The zero-order valence-corrected chi connectivity index (χ0v) is 13.1. The summed E-state index contributed by atoms with van der Waals surface area (Å²) in [4.78, 5) is 0. The van der Waals surface area contributed by atoms with Gasteiger partial charge in [-0.1, -0.05) is 23.7 Å². The molecule has 1 N–H and O–H groups in total. The molecule has 0 amide bonds. The van der Waals surface area contributed by atoms with Gasteiger partial charge in [-0.15, -0.1) is 0 Å². The first kappa shape index (κ1) is 14.9. The van der Waals surface area contributed by atoms with Crippen molar-refractivity contribution in [2.24, 2.45) is 0 Å². The average Bonchev–Trinajstić information content (AvgIpc) is 2.37. The van der Waals surface area contributed by atoms with E-state index in [1.165, 1.54) is 5.56 Å². The zero-order valence-electron chi connectivity index (χ0n) is 12.4. The smallest absolute Gasteiger partial charge is 0.133 e. The summed E-state index contributed by atoms with van der Waals surface area (Å²) in [6.07, 6.45) is 0. The van der Waals surface area contributed by atoms with Gasteiger partial charge < -0.3 is 10.1 Å². The van der Waals surface area contributed by atoms with Crippen LogP contribution in [0, 0.1) is 20.8 Å². The maximum atomic E-state index is 6.13. The van der Waals surface area contributed by atoms with E-state index in [-0.39, 0.29) is 0 Å². The Labute approximate surface area is 125 Å². The number of nitrogens with one attached hydrogen (secondary N) is 1. The first-order valence-electron chi connectivity index (χ1n) is 6.70. The van der Waals surface area contributed by atoms with Crippen molar-refractivity contribution in [3.63, 3.8) is 0 Å². The second-order valence-electron chi connectivity index (χ2n) is 5.10. The van der Waals surface area contributed by atoms with Crippen LogP contribution >= 0.6 is 11.6 Å². The van der Waals surface area contributed by atoms with Crippen molar-refractivity contribution in [2.75, 3.05) is 7.05 Å². The maximum Gasteiger partial charge on any atom is 0.133 e. The molecule has 2 aromatic rings. The number of aryl methyl sites for hydroxylation is 3. The molecule has 2 nitrogen and oxygen atoms in total. The van der Waals surface area contributed by atoms with E-state index in [1.807, 2.05) is 33.0 Å². The third kappa shape index (κ3) is 3.33. The van der Waals surface area contributed by atoms with E-state index in [0.29, 0.717) is 0 Å². The second-order valence-corrected chi connectivity index (χ2v) is 5.54. The van der Waals surface area contributed by atoms with Crippen molar-refractivity contribution in [1.82, 2.24) is 5.32 Å². The van der Waals surface area contributed by atoms with Gasteiger partial charge in [0.15, 0.2) is 0 Å². The van der Waals surface area contributed by atoms with Crippen LogP contribution in [-0.2, 0) is 6.54 Å². The molecule has 0 saturated carbocycles. The summed E-state index contributed by atoms with van der Waals surface area (Å²) in [7, 11) is 1.94. The van der Waals surface area contributed by atoms with Crippen molar-refractivity contribution in [3.8, 4) is 11.5 Å². The Hall–Kier alpha value is -1.51. The molecular weight excluding hydrogens is 270 g/mol. The number of benzene rings is 2. The highest BCUT2D eigenvalue weighted by Crippen LogP contribution is 2.33. The molecule has 0 aliphatic carbocycles. The highest BCUT2D eigenvalue weighted by Gasteiger charge is 2.09. The van der Waals surface area contributed by atoms with Crippen LogP contribution in [0.15, 0.2) is 30.3 Å². The van der Waals surface area contributed by atoms with Gasteiger partial charge in [-0.25, -0.2) is 0 Å². The van der Waals surface area contributed by atoms with Crippen molar-refractivity contribution >= 4 is 11.6 Å². The van der Waals surface area contributed by atoms with Gasteiger partial charge in [-0.2, -0.15) is 0 Å². The molecule has 0 aliphatic heterocycles. The third-order valence-corrected chi connectivity index (χ3v) is 3.49. The molecule has 0 saturated heterocycles.